The van der Waals surface area contributed by atoms with Crippen LogP contribution in [-0.4, -0.2) is 29.5 Å². The van der Waals surface area contributed by atoms with E-state index in [0.717, 1.165) is 32.2 Å². The van der Waals surface area contributed by atoms with Crippen molar-refractivity contribution in [1.82, 2.24) is 4.90 Å². The van der Waals surface area contributed by atoms with Gasteiger partial charge in [-0.25, -0.2) is 0 Å². The minimum atomic E-state index is -0.258. The Morgan fingerprint density at radius 3 is 3.05 bits per heavy atom. The molecule has 0 unspecified atom stereocenters. The highest BCUT2D eigenvalue weighted by atomic mass is 16.6. The zero-order valence-electron chi connectivity index (χ0n) is 12.3. The van der Waals surface area contributed by atoms with Gasteiger partial charge in [0.15, 0.2) is 0 Å². The Bertz CT molecular complexity index is 640. The lowest BCUT2D eigenvalue weighted by Gasteiger charge is -2.57. The van der Waals surface area contributed by atoms with Gasteiger partial charge in [-0.1, -0.05) is 18.2 Å². The van der Waals surface area contributed by atoms with Crippen molar-refractivity contribution in [3.05, 3.63) is 51.6 Å². The fourth-order valence-electron chi connectivity index (χ4n) is 4.86. The highest BCUT2D eigenvalue weighted by Gasteiger charge is 2.52. The smallest absolute Gasteiger partial charge is 0.269 e. The van der Waals surface area contributed by atoms with E-state index in [2.05, 4.69) is 24.1 Å². The number of piperidine rings is 1. The van der Waals surface area contributed by atoms with Gasteiger partial charge in [0, 0.05) is 23.6 Å². The van der Waals surface area contributed by atoms with Crippen molar-refractivity contribution in [2.75, 3.05) is 13.6 Å². The molecule has 2 aliphatic carbocycles. The number of fused-ring (bicyclic) bond motifs is 1. The van der Waals surface area contributed by atoms with Gasteiger partial charge in [-0.05, 0) is 56.3 Å². The number of nitro groups is 1. The molecule has 1 aromatic carbocycles. The van der Waals surface area contributed by atoms with E-state index in [1.807, 2.05) is 12.1 Å². The molecule has 4 nitrogen and oxygen atoms in total. The summed E-state index contributed by atoms with van der Waals surface area (Å²) in [5, 5.41) is 11.2. The third kappa shape index (κ3) is 1.72. The molecule has 2 bridgehead atoms. The van der Waals surface area contributed by atoms with E-state index in [1.54, 1.807) is 6.07 Å². The Labute approximate surface area is 124 Å². The molecule has 3 atom stereocenters. The first-order chi connectivity index (χ1) is 10.1. The zero-order valence-corrected chi connectivity index (χ0v) is 12.3. The summed E-state index contributed by atoms with van der Waals surface area (Å²) in [6, 6.07) is 6.11. The van der Waals surface area contributed by atoms with Crippen LogP contribution >= 0.6 is 0 Å². The quantitative estimate of drug-likeness (QED) is 0.452. The highest BCUT2D eigenvalue weighted by Crippen LogP contribution is 2.54. The van der Waals surface area contributed by atoms with E-state index in [1.165, 1.54) is 11.1 Å². The average molecular weight is 284 g/mol. The van der Waals surface area contributed by atoms with Crippen molar-refractivity contribution in [1.29, 1.82) is 0 Å². The van der Waals surface area contributed by atoms with Gasteiger partial charge in [0.05, 0.1) is 4.92 Å². The van der Waals surface area contributed by atoms with E-state index >= 15 is 0 Å². The molecular weight excluding hydrogens is 264 g/mol. The van der Waals surface area contributed by atoms with Crippen LogP contribution in [0.15, 0.2) is 30.4 Å². The van der Waals surface area contributed by atoms with E-state index in [-0.39, 0.29) is 16.0 Å². The van der Waals surface area contributed by atoms with E-state index in [0.29, 0.717) is 12.0 Å². The normalized spacial score (nSPS) is 34.1. The Morgan fingerprint density at radius 1 is 1.38 bits per heavy atom. The molecule has 0 spiro atoms. The number of hydrogen-bond acceptors (Lipinski definition) is 3. The van der Waals surface area contributed by atoms with Gasteiger partial charge in [-0.15, -0.1) is 0 Å². The summed E-state index contributed by atoms with van der Waals surface area (Å²) in [4.78, 5) is 13.4. The van der Waals surface area contributed by atoms with Gasteiger partial charge in [0.1, 0.15) is 0 Å². The summed E-state index contributed by atoms with van der Waals surface area (Å²) in [7, 11) is 2.23. The molecule has 1 saturated heterocycles. The van der Waals surface area contributed by atoms with Crippen LogP contribution < -0.4 is 0 Å². The standard InChI is InChI=1S/C17H20N2O2/c1-18-9-8-17-7-3-2-4-14(17)16(18)10-12-5-6-13(19(20)21)11-15(12)17/h2-3,5-6,11,14,16H,4,7-10H2,1H3/t14-,16+,17-/m1/s1. The van der Waals surface area contributed by atoms with Crippen molar-refractivity contribution in [2.45, 2.75) is 37.1 Å². The number of likely N-dealkylation sites (N-methyl/N-ethyl adjacent to an activating group) is 1. The summed E-state index contributed by atoms with van der Waals surface area (Å²) in [6.45, 7) is 1.09. The molecule has 4 rings (SSSR count). The number of nitro benzene ring substituents is 1. The third-order valence-corrected chi connectivity index (χ3v) is 5.96. The van der Waals surface area contributed by atoms with Crippen LogP contribution in [0.25, 0.3) is 0 Å². The lowest BCUT2D eigenvalue weighted by atomic mass is 9.54. The second-order valence-corrected chi connectivity index (χ2v) is 6.77. The largest absolute Gasteiger partial charge is 0.303 e. The van der Waals surface area contributed by atoms with Crippen LogP contribution in [0.5, 0.6) is 0 Å². The number of rotatable bonds is 1. The summed E-state index contributed by atoms with van der Waals surface area (Å²) in [5.41, 5.74) is 2.96. The number of non-ortho nitro benzene ring substituents is 1. The molecule has 4 heteroatoms. The van der Waals surface area contributed by atoms with Crippen LogP contribution in [0.4, 0.5) is 5.69 Å². The molecule has 1 heterocycles. The SMILES string of the molecule is CN1CC[C@]23CC=CC[C@@H]2[C@@H]1Cc1ccc([N+](=O)[O-])cc13. The van der Waals surface area contributed by atoms with Crippen molar-refractivity contribution in [3.63, 3.8) is 0 Å². The van der Waals surface area contributed by atoms with Crippen LogP contribution in [-0.2, 0) is 11.8 Å². The highest BCUT2D eigenvalue weighted by molar-refractivity contribution is 5.48. The van der Waals surface area contributed by atoms with Crippen molar-refractivity contribution in [3.8, 4) is 0 Å². The summed E-state index contributed by atoms with van der Waals surface area (Å²) in [6.07, 6.45) is 8.88. The van der Waals surface area contributed by atoms with Crippen molar-refractivity contribution >= 4 is 5.69 Å². The van der Waals surface area contributed by atoms with E-state index in [9.17, 15) is 10.1 Å². The minimum absolute atomic E-state index is 0.130. The molecule has 0 amide bonds. The van der Waals surface area contributed by atoms with Crippen LogP contribution in [0, 0.1) is 16.0 Å². The van der Waals surface area contributed by atoms with Crippen LogP contribution in [0.1, 0.15) is 30.4 Å². The first kappa shape index (κ1) is 13.0. The molecule has 1 aromatic rings. The molecular formula is C17H20N2O2. The second kappa shape index (κ2) is 4.41. The van der Waals surface area contributed by atoms with E-state index < -0.39 is 0 Å². The van der Waals surface area contributed by atoms with Gasteiger partial charge in [0.25, 0.3) is 5.69 Å². The lowest BCUT2D eigenvalue weighted by molar-refractivity contribution is -0.385. The monoisotopic (exact) mass is 284 g/mol. The van der Waals surface area contributed by atoms with Crippen LogP contribution in [0.3, 0.4) is 0 Å². The van der Waals surface area contributed by atoms with Gasteiger partial charge in [0.2, 0.25) is 0 Å². The Hall–Kier alpha value is -1.68. The van der Waals surface area contributed by atoms with Gasteiger partial charge < -0.3 is 4.90 Å². The maximum Gasteiger partial charge on any atom is 0.269 e. The second-order valence-electron chi connectivity index (χ2n) is 6.77. The van der Waals surface area contributed by atoms with Gasteiger partial charge >= 0.3 is 0 Å². The van der Waals surface area contributed by atoms with Gasteiger partial charge in [-0.3, -0.25) is 10.1 Å². The van der Waals surface area contributed by atoms with E-state index in [4.69, 9.17) is 0 Å². The van der Waals surface area contributed by atoms with Crippen molar-refractivity contribution in [2.24, 2.45) is 5.92 Å². The maximum atomic E-state index is 11.2. The first-order valence-electron chi connectivity index (χ1n) is 7.75. The summed E-state index contributed by atoms with van der Waals surface area (Å²) >= 11 is 0. The number of hydrogen-bond donors (Lipinski definition) is 0. The molecule has 1 fully saturated rings. The molecule has 0 aromatic heterocycles. The first-order valence-corrected chi connectivity index (χ1v) is 7.75. The van der Waals surface area contributed by atoms with Crippen LogP contribution in [0.2, 0.25) is 0 Å². The molecule has 0 radical (unpaired) electrons. The molecule has 110 valence electrons. The number of nitrogens with zero attached hydrogens (tertiary/aromatic N) is 2. The predicted octanol–water partition coefficient (Wildman–Crippen LogP) is 3.06. The predicted molar refractivity (Wildman–Crippen MR) is 81.4 cm³/mol. The summed E-state index contributed by atoms with van der Waals surface area (Å²) < 4.78 is 0. The maximum absolute atomic E-state index is 11.2. The molecule has 0 N–H and O–H groups in total. The lowest BCUT2D eigenvalue weighted by Crippen LogP contribution is -2.59. The fraction of sp³-hybridized carbons (Fsp3) is 0.529. The average Bonchev–Trinajstić information content (AvgIpc) is 2.50. The van der Waals surface area contributed by atoms with Gasteiger partial charge in [-0.2, -0.15) is 0 Å². The zero-order chi connectivity index (χ0) is 14.6. The number of allylic oxidation sites excluding steroid dienone is 2. The topological polar surface area (TPSA) is 46.4 Å². The van der Waals surface area contributed by atoms with Crippen molar-refractivity contribution < 1.29 is 4.92 Å². The molecule has 3 aliphatic rings. The number of benzene rings is 1. The number of likely N-dealkylation sites (tertiary alicyclic amines) is 1. The third-order valence-electron chi connectivity index (χ3n) is 5.96. The summed E-state index contributed by atoms with van der Waals surface area (Å²) in [5.74, 6) is 0.607. The Morgan fingerprint density at radius 2 is 2.24 bits per heavy atom. The molecule has 0 saturated carbocycles. The Kier molecular flexibility index (Phi) is 2.73. The Balaban J connectivity index is 1.91. The minimum Gasteiger partial charge on any atom is -0.303 e. The molecule has 1 aliphatic heterocycles. The molecule has 21 heavy (non-hydrogen) atoms. The fourth-order valence-corrected chi connectivity index (χ4v) is 4.86.